The molecule has 1 aliphatic carbocycles. The molecule has 1 aromatic carbocycles. The number of amides is 1. The van der Waals surface area contributed by atoms with Crippen LogP contribution in [-0.4, -0.2) is 32.1 Å². The molecule has 1 aliphatic rings. The molecule has 0 bridgehead atoms. The number of methoxy groups -OCH3 is 1. The van der Waals surface area contributed by atoms with Crippen molar-refractivity contribution in [1.82, 2.24) is 5.32 Å². The molecule has 0 saturated heterocycles. The van der Waals surface area contributed by atoms with E-state index >= 15 is 0 Å². The van der Waals surface area contributed by atoms with E-state index in [0.29, 0.717) is 13.2 Å². The Labute approximate surface area is 124 Å². The van der Waals surface area contributed by atoms with Crippen molar-refractivity contribution in [2.45, 2.75) is 32.1 Å². The maximum Gasteiger partial charge on any atom is 0.306 e. The fraction of sp³-hybridized carbons (Fsp3) is 0.500. The Hall–Kier alpha value is -2.04. The second kappa shape index (κ2) is 7.67. The largest absolute Gasteiger partial charge is 0.492 e. The Kier molecular flexibility index (Phi) is 5.60. The fourth-order valence-electron chi connectivity index (χ4n) is 2.40. The van der Waals surface area contributed by atoms with Crippen LogP contribution in [0.3, 0.4) is 0 Å². The first-order chi connectivity index (χ1) is 10.2. The van der Waals surface area contributed by atoms with Crippen LogP contribution in [0, 0.1) is 0 Å². The van der Waals surface area contributed by atoms with E-state index in [1.165, 1.54) is 24.7 Å². The van der Waals surface area contributed by atoms with Crippen molar-refractivity contribution in [2.24, 2.45) is 0 Å². The number of rotatable bonds is 7. The molecule has 114 valence electrons. The molecular weight excluding hydrogens is 270 g/mol. The van der Waals surface area contributed by atoms with Gasteiger partial charge in [-0.3, -0.25) is 9.59 Å². The maximum atomic E-state index is 11.5. The van der Waals surface area contributed by atoms with Gasteiger partial charge in [0.15, 0.2) is 0 Å². The van der Waals surface area contributed by atoms with Gasteiger partial charge in [-0.05, 0) is 42.5 Å². The molecule has 1 aromatic rings. The summed E-state index contributed by atoms with van der Waals surface area (Å²) in [5, 5.41) is 2.71. The Morgan fingerprint density at radius 3 is 2.81 bits per heavy atom. The fourth-order valence-corrected chi connectivity index (χ4v) is 2.40. The van der Waals surface area contributed by atoms with E-state index in [4.69, 9.17) is 4.74 Å². The second-order valence-corrected chi connectivity index (χ2v) is 5.06. The van der Waals surface area contributed by atoms with E-state index in [2.05, 4.69) is 22.2 Å². The summed E-state index contributed by atoms with van der Waals surface area (Å²) in [6.45, 7) is 0.847. The Balaban J connectivity index is 1.63. The van der Waals surface area contributed by atoms with E-state index in [0.717, 1.165) is 18.6 Å². The quantitative estimate of drug-likeness (QED) is 0.612. The number of fused-ring (bicyclic) bond motifs is 1. The number of esters is 1. The summed E-state index contributed by atoms with van der Waals surface area (Å²) in [6, 6.07) is 6.18. The zero-order chi connectivity index (χ0) is 15.1. The third-order valence-electron chi connectivity index (χ3n) is 3.55. The first-order valence-corrected chi connectivity index (χ1v) is 7.27. The molecule has 0 saturated carbocycles. The van der Waals surface area contributed by atoms with Gasteiger partial charge < -0.3 is 14.8 Å². The summed E-state index contributed by atoms with van der Waals surface area (Å²) in [5.74, 6) is 0.303. The molecule has 0 aromatic heterocycles. The van der Waals surface area contributed by atoms with E-state index in [-0.39, 0.29) is 24.7 Å². The van der Waals surface area contributed by atoms with Crippen LogP contribution in [0.15, 0.2) is 18.2 Å². The van der Waals surface area contributed by atoms with Crippen molar-refractivity contribution < 1.29 is 19.1 Å². The summed E-state index contributed by atoms with van der Waals surface area (Å²) in [4.78, 5) is 22.4. The summed E-state index contributed by atoms with van der Waals surface area (Å²) >= 11 is 0. The van der Waals surface area contributed by atoms with Gasteiger partial charge >= 0.3 is 5.97 Å². The molecular formula is C16H21NO4. The van der Waals surface area contributed by atoms with Crippen molar-refractivity contribution >= 4 is 11.9 Å². The standard InChI is InChI=1S/C16H21NO4/c1-20-16(19)8-7-15(18)17-9-10-21-14-6-5-12-3-2-4-13(12)11-14/h5-6,11H,2-4,7-10H2,1H3,(H,17,18). The molecule has 0 atom stereocenters. The van der Waals surface area contributed by atoms with Crippen LogP contribution in [-0.2, 0) is 27.2 Å². The summed E-state index contributed by atoms with van der Waals surface area (Å²) in [7, 11) is 1.31. The Morgan fingerprint density at radius 2 is 2.00 bits per heavy atom. The summed E-state index contributed by atoms with van der Waals surface area (Å²) < 4.78 is 10.1. The molecule has 0 radical (unpaired) electrons. The van der Waals surface area contributed by atoms with Crippen LogP contribution < -0.4 is 10.1 Å². The first-order valence-electron chi connectivity index (χ1n) is 7.27. The van der Waals surface area contributed by atoms with Gasteiger partial charge in [0.2, 0.25) is 5.91 Å². The minimum Gasteiger partial charge on any atom is -0.492 e. The Morgan fingerprint density at radius 1 is 1.19 bits per heavy atom. The monoisotopic (exact) mass is 291 g/mol. The highest BCUT2D eigenvalue weighted by Gasteiger charge is 2.11. The van der Waals surface area contributed by atoms with E-state index in [9.17, 15) is 9.59 Å². The first kappa shape index (κ1) is 15.4. The molecule has 2 rings (SSSR count). The van der Waals surface area contributed by atoms with E-state index in [1.54, 1.807) is 0 Å². The molecule has 1 N–H and O–H groups in total. The van der Waals surface area contributed by atoms with Crippen molar-refractivity contribution in [3.8, 4) is 5.75 Å². The van der Waals surface area contributed by atoms with E-state index < -0.39 is 0 Å². The number of ether oxygens (including phenoxy) is 2. The normalized spacial score (nSPS) is 12.6. The molecule has 5 heteroatoms. The number of nitrogens with one attached hydrogen (secondary N) is 1. The van der Waals surface area contributed by atoms with Crippen LogP contribution in [0.4, 0.5) is 0 Å². The Bertz CT molecular complexity index is 513. The number of carbonyl (C=O) groups is 2. The molecule has 1 amide bonds. The highest BCUT2D eigenvalue weighted by molar-refractivity contribution is 5.81. The van der Waals surface area contributed by atoms with Crippen LogP contribution in [0.1, 0.15) is 30.4 Å². The number of hydrogen-bond acceptors (Lipinski definition) is 4. The SMILES string of the molecule is COC(=O)CCC(=O)NCCOc1ccc2c(c1)CCC2. The second-order valence-electron chi connectivity index (χ2n) is 5.06. The number of benzene rings is 1. The van der Waals surface area contributed by atoms with Crippen molar-refractivity contribution in [2.75, 3.05) is 20.3 Å². The van der Waals surface area contributed by atoms with Crippen LogP contribution in [0.2, 0.25) is 0 Å². The summed E-state index contributed by atoms with van der Waals surface area (Å²) in [6.07, 6.45) is 3.75. The lowest BCUT2D eigenvalue weighted by atomic mass is 10.1. The minimum absolute atomic E-state index is 0.105. The zero-order valence-corrected chi connectivity index (χ0v) is 12.3. The van der Waals surface area contributed by atoms with Gasteiger partial charge in [-0.1, -0.05) is 6.07 Å². The average molecular weight is 291 g/mol. The molecule has 5 nitrogen and oxygen atoms in total. The number of hydrogen-bond donors (Lipinski definition) is 1. The van der Waals surface area contributed by atoms with Crippen LogP contribution >= 0.6 is 0 Å². The average Bonchev–Trinajstić information content (AvgIpc) is 2.96. The lowest BCUT2D eigenvalue weighted by Gasteiger charge is -2.09. The zero-order valence-electron chi connectivity index (χ0n) is 12.3. The molecule has 0 heterocycles. The molecule has 0 fully saturated rings. The van der Waals surface area contributed by atoms with Crippen LogP contribution in [0.5, 0.6) is 5.75 Å². The van der Waals surface area contributed by atoms with Gasteiger partial charge in [0.05, 0.1) is 20.1 Å². The van der Waals surface area contributed by atoms with Gasteiger partial charge in [-0.25, -0.2) is 0 Å². The predicted molar refractivity (Wildman–Crippen MR) is 78.2 cm³/mol. The molecule has 0 unspecified atom stereocenters. The third-order valence-corrected chi connectivity index (χ3v) is 3.55. The molecule has 21 heavy (non-hydrogen) atoms. The summed E-state index contributed by atoms with van der Waals surface area (Å²) in [5.41, 5.74) is 2.79. The molecule has 0 spiro atoms. The van der Waals surface area contributed by atoms with Gasteiger partial charge in [0.25, 0.3) is 0 Å². The lowest BCUT2D eigenvalue weighted by molar-refractivity contribution is -0.142. The minimum atomic E-state index is -0.375. The smallest absolute Gasteiger partial charge is 0.306 e. The maximum absolute atomic E-state index is 11.5. The van der Waals surface area contributed by atoms with Crippen molar-refractivity contribution in [1.29, 1.82) is 0 Å². The number of aryl methyl sites for hydroxylation is 2. The third kappa shape index (κ3) is 4.77. The van der Waals surface area contributed by atoms with Gasteiger partial charge in [0.1, 0.15) is 12.4 Å². The van der Waals surface area contributed by atoms with E-state index in [1.807, 2.05) is 6.07 Å². The van der Waals surface area contributed by atoms with Crippen molar-refractivity contribution in [3.63, 3.8) is 0 Å². The van der Waals surface area contributed by atoms with Crippen LogP contribution in [0.25, 0.3) is 0 Å². The predicted octanol–water partition coefficient (Wildman–Crippen LogP) is 1.62. The lowest BCUT2D eigenvalue weighted by Crippen LogP contribution is -2.28. The van der Waals surface area contributed by atoms with Gasteiger partial charge in [-0.2, -0.15) is 0 Å². The van der Waals surface area contributed by atoms with Gasteiger partial charge in [-0.15, -0.1) is 0 Å². The number of carbonyl (C=O) groups excluding carboxylic acids is 2. The molecule has 0 aliphatic heterocycles. The highest BCUT2D eigenvalue weighted by Crippen LogP contribution is 2.25. The highest BCUT2D eigenvalue weighted by atomic mass is 16.5. The topological polar surface area (TPSA) is 64.6 Å². The van der Waals surface area contributed by atoms with Crippen molar-refractivity contribution in [3.05, 3.63) is 29.3 Å². The van der Waals surface area contributed by atoms with Gasteiger partial charge in [0, 0.05) is 6.42 Å².